The maximum atomic E-state index is 10.8. The van der Waals surface area contributed by atoms with Crippen molar-refractivity contribution >= 4 is 11.4 Å². The number of aliphatic hydroxyl groups is 1. The third-order valence-corrected chi connectivity index (χ3v) is 3.11. The molecule has 0 aliphatic carbocycles. The van der Waals surface area contributed by atoms with Gasteiger partial charge in [-0.25, -0.2) is 0 Å². The fourth-order valence-electron chi connectivity index (χ4n) is 1.97. The average Bonchev–Trinajstić information content (AvgIpc) is 2.65. The second-order valence-corrected chi connectivity index (χ2v) is 4.71. The van der Waals surface area contributed by atoms with Gasteiger partial charge in [0.2, 0.25) is 0 Å². The number of aliphatic hydroxyl groups excluding tert-OH is 1. The van der Waals surface area contributed by atoms with Crippen molar-refractivity contribution in [3.8, 4) is 0 Å². The van der Waals surface area contributed by atoms with E-state index in [0.717, 1.165) is 16.9 Å². The van der Waals surface area contributed by atoms with Crippen LogP contribution >= 0.6 is 0 Å². The normalized spacial score (nSPS) is 9.43. The third-order valence-electron chi connectivity index (χ3n) is 3.11. The van der Waals surface area contributed by atoms with Crippen LogP contribution in [0.3, 0.4) is 0 Å². The van der Waals surface area contributed by atoms with Crippen LogP contribution < -0.4 is 5.01 Å². The molecule has 4 heteroatoms. The average molecular weight is 306 g/mol. The molecule has 0 amide bonds. The summed E-state index contributed by atoms with van der Waals surface area (Å²) in [5, 5.41) is 12.9. The van der Waals surface area contributed by atoms with Gasteiger partial charge in [-0.2, -0.15) is 5.01 Å². The van der Waals surface area contributed by atoms with Crippen LogP contribution in [-0.2, 0) is 6.61 Å². The minimum absolute atomic E-state index is 0.140. The highest BCUT2D eigenvalue weighted by Gasteiger charge is 2.07. The Kier molecular flexibility index (Phi) is 6.50. The first kappa shape index (κ1) is 16.4. The molecule has 0 heterocycles. The molecular formula is C19H18N2O2. The number of rotatable bonds is 4. The van der Waals surface area contributed by atoms with Crippen molar-refractivity contribution in [2.24, 2.45) is 5.29 Å². The monoisotopic (exact) mass is 306 g/mol. The van der Waals surface area contributed by atoms with Gasteiger partial charge in [-0.1, -0.05) is 66.7 Å². The standard InChI is InChI=1S/C12H10N2O.C7H8O/c15-13-14(11-7-3-1-4-8-11)12-9-5-2-6-10-12;8-6-7-4-2-1-3-5-7/h1-10H;1-5,8H,6H2. The van der Waals surface area contributed by atoms with Crippen LogP contribution in [0.15, 0.2) is 96.3 Å². The van der Waals surface area contributed by atoms with Crippen LogP contribution in [0.2, 0.25) is 0 Å². The van der Waals surface area contributed by atoms with Crippen LogP contribution in [0.25, 0.3) is 0 Å². The Balaban J connectivity index is 0.000000203. The zero-order valence-electron chi connectivity index (χ0n) is 12.6. The molecule has 23 heavy (non-hydrogen) atoms. The molecular weight excluding hydrogens is 288 g/mol. The smallest absolute Gasteiger partial charge is 0.0685 e. The first-order valence-electron chi connectivity index (χ1n) is 7.23. The van der Waals surface area contributed by atoms with E-state index in [-0.39, 0.29) is 6.61 Å². The largest absolute Gasteiger partial charge is 0.392 e. The van der Waals surface area contributed by atoms with E-state index in [9.17, 15) is 4.91 Å². The summed E-state index contributed by atoms with van der Waals surface area (Å²) in [6.07, 6.45) is 0. The third kappa shape index (κ3) is 5.05. The van der Waals surface area contributed by atoms with Crippen molar-refractivity contribution in [3.05, 3.63) is 101 Å². The van der Waals surface area contributed by atoms with E-state index in [4.69, 9.17) is 5.11 Å². The van der Waals surface area contributed by atoms with E-state index in [1.54, 1.807) is 0 Å². The second-order valence-electron chi connectivity index (χ2n) is 4.71. The van der Waals surface area contributed by atoms with Gasteiger partial charge in [-0.15, -0.1) is 4.91 Å². The fraction of sp³-hybridized carbons (Fsp3) is 0.0526. The molecule has 0 saturated carbocycles. The zero-order chi connectivity index (χ0) is 16.3. The highest BCUT2D eigenvalue weighted by Crippen LogP contribution is 2.24. The first-order chi connectivity index (χ1) is 11.3. The number of hydrogen-bond donors (Lipinski definition) is 1. The highest BCUT2D eigenvalue weighted by molar-refractivity contribution is 5.61. The molecule has 4 nitrogen and oxygen atoms in total. The molecule has 0 spiro atoms. The number of nitroso groups, excluding NO2 is 1. The van der Waals surface area contributed by atoms with E-state index < -0.39 is 0 Å². The lowest BCUT2D eigenvalue weighted by atomic mass is 10.2. The van der Waals surface area contributed by atoms with Crippen molar-refractivity contribution in [1.82, 2.24) is 0 Å². The molecule has 0 aliphatic rings. The van der Waals surface area contributed by atoms with Crippen molar-refractivity contribution in [3.63, 3.8) is 0 Å². The number of hydrogen-bond acceptors (Lipinski definition) is 3. The molecule has 0 aliphatic heterocycles. The molecule has 0 radical (unpaired) electrons. The minimum atomic E-state index is 0.140. The van der Waals surface area contributed by atoms with Gasteiger partial charge in [0.25, 0.3) is 0 Å². The predicted molar refractivity (Wildman–Crippen MR) is 93.2 cm³/mol. The van der Waals surface area contributed by atoms with Crippen molar-refractivity contribution in [1.29, 1.82) is 0 Å². The summed E-state index contributed by atoms with van der Waals surface area (Å²) in [6.45, 7) is 0.140. The molecule has 0 atom stereocenters. The molecule has 0 fully saturated rings. The van der Waals surface area contributed by atoms with E-state index in [2.05, 4.69) is 5.29 Å². The molecule has 3 aromatic carbocycles. The Morgan fingerprint density at radius 1 is 0.696 bits per heavy atom. The predicted octanol–water partition coefficient (Wildman–Crippen LogP) is 4.69. The number of benzene rings is 3. The zero-order valence-corrected chi connectivity index (χ0v) is 12.6. The molecule has 3 aromatic rings. The molecule has 0 bridgehead atoms. The van der Waals surface area contributed by atoms with Crippen LogP contribution in [-0.4, -0.2) is 5.11 Å². The van der Waals surface area contributed by atoms with Gasteiger partial charge in [0, 0.05) is 0 Å². The summed E-state index contributed by atoms with van der Waals surface area (Å²) in [5.74, 6) is 0. The first-order valence-corrected chi connectivity index (χ1v) is 7.23. The molecule has 116 valence electrons. The summed E-state index contributed by atoms with van der Waals surface area (Å²) in [4.78, 5) is 10.8. The van der Waals surface area contributed by atoms with Gasteiger partial charge in [0.05, 0.1) is 23.3 Å². The Morgan fingerprint density at radius 2 is 1.09 bits per heavy atom. The SMILES string of the molecule is O=NN(c1ccccc1)c1ccccc1.OCc1ccccc1. The Morgan fingerprint density at radius 3 is 1.39 bits per heavy atom. The number of anilines is 2. The summed E-state index contributed by atoms with van der Waals surface area (Å²) in [6, 6.07) is 28.2. The maximum Gasteiger partial charge on any atom is 0.0685 e. The van der Waals surface area contributed by atoms with Crippen molar-refractivity contribution in [2.45, 2.75) is 6.61 Å². The van der Waals surface area contributed by atoms with Crippen LogP contribution in [0, 0.1) is 4.91 Å². The summed E-state index contributed by atoms with van der Waals surface area (Å²) >= 11 is 0. The van der Waals surface area contributed by atoms with E-state index in [1.807, 2.05) is 91.0 Å². The summed E-state index contributed by atoms with van der Waals surface area (Å²) < 4.78 is 0. The van der Waals surface area contributed by atoms with Gasteiger partial charge >= 0.3 is 0 Å². The molecule has 1 N–H and O–H groups in total. The quantitative estimate of drug-likeness (QED) is 0.562. The van der Waals surface area contributed by atoms with Gasteiger partial charge in [0.15, 0.2) is 0 Å². The number of nitrogens with zero attached hydrogens (tertiary/aromatic N) is 2. The number of para-hydroxylation sites is 2. The van der Waals surface area contributed by atoms with E-state index in [1.165, 1.54) is 5.01 Å². The van der Waals surface area contributed by atoms with E-state index >= 15 is 0 Å². The second kappa shape index (κ2) is 9.12. The lowest BCUT2D eigenvalue weighted by Crippen LogP contribution is -2.06. The van der Waals surface area contributed by atoms with Gasteiger partial charge in [0.1, 0.15) is 0 Å². The maximum absolute atomic E-state index is 10.8. The van der Waals surface area contributed by atoms with Gasteiger partial charge < -0.3 is 5.11 Å². The highest BCUT2D eigenvalue weighted by atomic mass is 16.3. The minimum Gasteiger partial charge on any atom is -0.392 e. The molecule has 0 saturated heterocycles. The Hall–Kier alpha value is -2.98. The Bertz CT molecular complexity index is 649. The van der Waals surface area contributed by atoms with Gasteiger partial charge in [-0.05, 0) is 29.8 Å². The van der Waals surface area contributed by atoms with Crippen molar-refractivity contribution in [2.75, 3.05) is 5.01 Å². The lowest BCUT2D eigenvalue weighted by Gasteiger charge is -2.14. The van der Waals surface area contributed by atoms with Crippen molar-refractivity contribution < 1.29 is 5.11 Å². The van der Waals surface area contributed by atoms with Crippen LogP contribution in [0.4, 0.5) is 11.4 Å². The summed E-state index contributed by atoms with van der Waals surface area (Å²) in [5.41, 5.74) is 2.49. The molecule has 0 unspecified atom stereocenters. The van der Waals surface area contributed by atoms with Crippen LogP contribution in [0.5, 0.6) is 0 Å². The fourth-order valence-corrected chi connectivity index (χ4v) is 1.97. The Labute approximate surface area is 135 Å². The molecule has 0 aromatic heterocycles. The van der Waals surface area contributed by atoms with E-state index in [0.29, 0.717) is 0 Å². The van der Waals surface area contributed by atoms with Gasteiger partial charge in [-0.3, -0.25) is 0 Å². The molecule has 3 rings (SSSR count). The van der Waals surface area contributed by atoms with Crippen LogP contribution in [0.1, 0.15) is 5.56 Å². The lowest BCUT2D eigenvalue weighted by molar-refractivity contribution is 0.282. The summed E-state index contributed by atoms with van der Waals surface area (Å²) in [7, 11) is 0. The topological polar surface area (TPSA) is 52.9 Å².